The van der Waals surface area contributed by atoms with E-state index in [0.29, 0.717) is 6.61 Å². The summed E-state index contributed by atoms with van der Waals surface area (Å²) in [6.07, 6.45) is -0.312. The minimum atomic E-state index is -0.949. The predicted molar refractivity (Wildman–Crippen MR) is 86.7 cm³/mol. The first-order valence-corrected chi connectivity index (χ1v) is 7.92. The van der Waals surface area contributed by atoms with Crippen molar-refractivity contribution in [2.75, 3.05) is 6.61 Å². The molecular weight excluding hydrogens is 296 g/mol. The molecule has 0 N–H and O–H groups in total. The summed E-state index contributed by atoms with van der Waals surface area (Å²) in [7, 11) is 0. The van der Waals surface area contributed by atoms with Crippen LogP contribution < -0.4 is 0 Å². The average Bonchev–Trinajstić information content (AvgIpc) is 2.46. The molecular formula is C18H26O5. The third-order valence-corrected chi connectivity index (χ3v) is 2.94. The van der Waals surface area contributed by atoms with E-state index >= 15 is 0 Å². The van der Waals surface area contributed by atoms with Gasteiger partial charge in [0.1, 0.15) is 0 Å². The van der Waals surface area contributed by atoms with Gasteiger partial charge in [-0.1, -0.05) is 30.3 Å². The summed E-state index contributed by atoms with van der Waals surface area (Å²) in [5.41, 5.74) is 1.04. The van der Waals surface area contributed by atoms with Gasteiger partial charge in [-0.15, -0.1) is 0 Å². The van der Waals surface area contributed by atoms with E-state index < -0.39 is 17.9 Å². The molecule has 0 saturated heterocycles. The van der Waals surface area contributed by atoms with Gasteiger partial charge in [0, 0.05) is 6.61 Å². The second-order valence-electron chi connectivity index (χ2n) is 5.85. The summed E-state index contributed by atoms with van der Waals surface area (Å²) in [5, 5.41) is 0. The molecule has 1 aromatic carbocycles. The summed E-state index contributed by atoms with van der Waals surface area (Å²) in [4.78, 5) is 24.1. The minimum absolute atomic E-state index is 0.240. The quantitative estimate of drug-likeness (QED) is 0.397. The summed E-state index contributed by atoms with van der Waals surface area (Å²) in [6, 6.07) is 9.71. The lowest BCUT2D eigenvalue weighted by Gasteiger charge is -2.18. The number of hydrogen-bond acceptors (Lipinski definition) is 5. The van der Waals surface area contributed by atoms with Crippen molar-refractivity contribution in [3.8, 4) is 0 Å². The Kier molecular flexibility index (Phi) is 8.33. The zero-order valence-electron chi connectivity index (χ0n) is 14.3. The number of hydrogen-bond donors (Lipinski definition) is 0. The van der Waals surface area contributed by atoms with Crippen LogP contribution in [-0.2, 0) is 30.4 Å². The first kappa shape index (κ1) is 19.2. The van der Waals surface area contributed by atoms with Crippen LogP contribution in [0.25, 0.3) is 0 Å². The van der Waals surface area contributed by atoms with Crippen LogP contribution in [0.4, 0.5) is 0 Å². The molecule has 0 aliphatic carbocycles. The predicted octanol–water partition coefficient (Wildman–Crippen LogP) is 3.11. The van der Waals surface area contributed by atoms with E-state index in [0.717, 1.165) is 5.56 Å². The number of carbonyl (C=O) groups excluding carboxylic acids is 2. The Balaban J connectivity index is 2.51. The Bertz CT molecular complexity index is 459. The standard InChI is InChI=1S/C18H26O5/c1-13(2)22-17(19)16(18(20)23-14(3)4)10-11-21-12-15-8-6-5-7-9-15/h5-9,13-14,16H,10-12H2,1-4H3. The highest BCUT2D eigenvalue weighted by atomic mass is 16.6. The number of carbonyl (C=O) groups is 2. The second-order valence-corrected chi connectivity index (χ2v) is 5.85. The first-order valence-electron chi connectivity index (χ1n) is 7.92. The average molecular weight is 322 g/mol. The molecule has 0 aliphatic heterocycles. The highest BCUT2D eigenvalue weighted by molar-refractivity contribution is 5.95. The number of esters is 2. The Morgan fingerprint density at radius 2 is 1.43 bits per heavy atom. The van der Waals surface area contributed by atoms with Gasteiger partial charge in [-0.25, -0.2) is 0 Å². The smallest absolute Gasteiger partial charge is 0.320 e. The van der Waals surface area contributed by atoms with Gasteiger partial charge in [0.15, 0.2) is 5.92 Å². The van der Waals surface area contributed by atoms with Crippen molar-refractivity contribution in [3.63, 3.8) is 0 Å². The SMILES string of the molecule is CC(C)OC(=O)C(CCOCc1ccccc1)C(=O)OC(C)C. The van der Waals surface area contributed by atoms with Crippen molar-refractivity contribution in [1.29, 1.82) is 0 Å². The zero-order chi connectivity index (χ0) is 17.2. The monoisotopic (exact) mass is 322 g/mol. The normalized spacial score (nSPS) is 11.1. The third-order valence-electron chi connectivity index (χ3n) is 2.94. The summed E-state index contributed by atoms with van der Waals surface area (Å²) in [6.45, 7) is 7.69. The molecule has 0 amide bonds. The highest BCUT2D eigenvalue weighted by Crippen LogP contribution is 2.13. The Hall–Kier alpha value is -1.88. The van der Waals surface area contributed by atoms with E-state index in [1.54, 1.807) is 27.7 Å². The van der Waals surface area contributed by atoms with Crippen LogP contribution in [0.2, 0.25) is 0 Å². The Morgan fingerprint density at radius 1 is 0.913 bits per heavy atom. The molecule has 128 valence electrons. The maximum Gasteiger partial charge on any atom is 0.320 e. The van der Waals surface area contributed by atoms with E-state index in [-0.39, 0.29) is 25.2 Å². The molecule has 0 fully saturated rings. The van der Waals surface area contributed by atoms with Crippen molar-refractivity contribution < 1.29 is 23.8 Å². The molecule has 0 radical (unpaired) electrons. The molecule has 0 unspecified atom stereocenters. The fourth-order valence-corrected chi connectivity index (χ4v) is 1.93. The van der Waals surface area contributed by atoms with Gasteiger partial charge >= 0.3 is 11.9 Å². The van der Waals surface area contributed by atoms with Crippen molar-refractivity contribution in [1.82, 2.24) is 0 Å². The topological polar surface area (TPSA) is 61.8 Å². The fourth-order valence-electron chi connectivity index (χ4n) is 1.93. The number of benzene rings is 1. The van der Waals surface area contributed by atoms with Crippen LogP contribution >= 0.6 is 0 Å². The lowest BCUT2D eigenvalue weighted by atomic mass is 10.1. The molecule has 0 bridgehead atoms. The van der Waals surface area contributed by atoms with Crippen molar-refractivity contribution >= 4 is 11.9 Å². The Morgan fingerprint density at radius 3 is 1.91 bits per heavy atom. The van der Waals surface area contributed by atoms with Gasteiger partial charge in [0.2, 0.25) is 0 Å². The largest absolute Gasteiger partial charge is 0.462 e. The zero-order valence-corrected chi connectivity index (χ0v) is 14.3. The van der Waals surface area contributed by atoms with Gasteiger partial charge in [0.25, 0.3) is 0 Å². The van der Waals surface area contributed by atoms with E-state index in [9.17, 15) is 9.59 Å². The number of rotatable bonds is 9. The first-order chi connectivity index (χ1) is 10.9. The maximum absolute atomic E-state index is 12.1. The summed E-state index contributed by atoms with van der Waals surface area (Å²) < 4.78 is 15.8. The molecule has 0 aliphatic rings. The lowest BCUT2D eigenvalue weighted by molar-refractivity contribution is -0.167. The van der Waals surface area contributed by atoms with E-state index in [1.165, 1.54) is 0 Å². The summed E-state index contributed by atoms with van der Waals surface area (Å²) >= 11 is 0. The molecule has 0 heterocycles. The molecule has 0 spiro atoms. The van der Waals surface area contributed by atoms with E-state index in [4.69, 9.17) is 14.2 Å². The molecule has 0 saturated carbocycles. The van der Waals surface area contributed by atoms with Crippen LogP contribution in [0, 0.1) is 5.92 Å². The Labute approximate surface area is 137 Å². The van der Waals surface area contributed by atoms with Crippen molar-refractivity contribution in [3.05, 3.63) is 35.9 Å². The molecule has 1 aromatic rings. The molecule has 5 nitrogen and oxygen atoms in total. The van der Waals surface area contributed by atoms with Gasteiger partial charge < -0.3 is 14.2 Å². The summed E-state index contributed by atoms with van der Waals surface area (Å²) in [5.74, 6) is -2.07. The molecule has 1 rings (SSSR count). The maximum atomic E-state index is 12.1. The fraction of sp³-hybridized carbons (Fsp3) is 0.556. The highest BCUT2D eigenvalue weighted by Gasteiger charge is 2.30. The van der Waals surface area contributed by atoms with Crippen LogP contribution in [0.15, 0.2) is 30.3 Å². The van der Waals surface area contributed by atoms with E-state index in [1.807, 2.05) is 30.3 Å². The second kappa shape index (κ2) is 10.0. The van der Waals surface area contributed by atoms with Crippen molar-refractivity contribution in [2.45, 2.75) is 52.9 Å². The van der Waals surface area contributed by atoms with E-state index in [2.05, 4.69) is 0 Å². The molecule has 5 heteroatoms. The molecule has 0 aromatic heterocycles. The van der Waals surface area contributed by atoms with Gasteiger partial charge in [-0.3, -0.25) is 9.59 Å². The molecule has 23 heavy (non-hydrogen) atoms. The minimum Gasteiger partial charge on any atom is -0.462 e. The van der Waals surface area contributed by atoms with Crippen LogP contribution in [0.3, 0.4) is 0 Å². The number of ether oxygens (including phenoxy) is 3. The van der Waals surface area contributed by atoms with Gasteiger partial charge in [-0.05, 0) is 39.7 Å². The van der Waals surface area contributed by atoms with Crippen LogP contribution in [-0.4, -0.2) is 30.8 Å². The lowest BCUT2D eigenvalue weighted by Crippen LogP contribution is -2.32. The van der Waals surface area contributed by atoms with Crippen LogP contribution in [0.1, 0.15) is 39.7 Å². The van der Waals surface area contributed by atoms with Crippen molar-refractivity contribution in [2.24, 2.45) is 5.92 Å². The van der Waals surface area contributed by atoms with Gasteiger partial charge in [-0.2, -0.15) is 0 Å². The molecule has 0 atom stereocenters. The van der Waals surface area contributed by atoms with Gasteiger partial charge in [0.05, 0.1) is 18.8 Å². The van der Waals surface area contributed by atoms with Crippen LogP contribution in [0.5, 0.6) is 0 Å². The third kappa shape index (κ3) is 7.79.